The second kappa shape index (κ2) is 6.48. The predicted molar refractivity (Wildman–Crippen MR) is 110 cm³/mol. The van der Waals surface area contributed by atoms with Gasteiger partial charge >= 0.3 is 0 Å². The second-order valence-corrected chi connectivity index (χ2v) is 9.30. The first-order valence-corrected chi connectivity index (χ1v) is 10.6. The van der Waals surface area contributed by atoms with Gasteiger partial charge in [-0.1, -0.05) is 24.3 Å². The van der Waals surface area contributed by atoms with Gasteiger partial charge in [0, 0.05) is 20.2 Å². The monoisotopic (exact) mass is 368 g/mol. The fourth-order valence-corrected chi connectivity index (χ4v) is 5.58. The highest BCUT2D eigenvalue weighted by atomic mass is 32.2. The third kappa shape index (κ3) is 2.97. The number of hydrogen-bond donors (Lipinski definition) is 2. The van der Waals surface area contributed by atoms with Gasteiger partial charge in [0.15, 0.2) is 5.25 Å². The average Bonchev–Trinajstić information content (AvgIpc) is 2.97. The number of rotatable bonds is 2. The van der Waals surface area contributed by atoms with E-state index in [1.807, 2.05) is 13.8 Å². The molecule has 0 radical (unpaired) electrons. The summed E-state index contributed by atoms with van der Waals surface area (Å²) in [5, 5.41) is 13.6. The van der Waals surface area contributed by atoms with Crippen LogP contribution in [0, 0.1) is 5.41 Å². The van der Waals surface area contributed by atoms with Gasteiger partial charge in [0.1, 0.15) is 11.6 Å². The van der Waals surface area contributed by atoms with Crippen LogP contribution in [-0.4, -0.2) is 21.4 Å². The molecular formula is C20H20N2OS2. The van der Waals surface area contributed by atoms with Crippen molar-refractivity contribution in [3.05, 3.63) is 53.6 Å². The molecule has 1 aliphatic rings. The highest BCUT2D eigenvalue weighted by Gasteiger charge is 2.33. The molecule has 0 bridgehead atoms. The summed E-state index contributed by atoms with van der Waals surface area (Å²) >= 11 is 0.802. The Morgan fingerprint density at radius 1 is 1.20 bits per heavy atom. The Morgan fingerprint density at radius 2 is 1.92 bits per heavy atom. The number of nitrogens with one attached hydrogen (secondary N) is 2. The lowest BCUT2D eigenvalue weighted by molar-refractivity contribution is 0.565. The third-order valence-electron chi connectivity index (χ3n) is 4.74. The highest BCUT2D eigenvalue weighted by molar-refractivity contribution is 7.92. The summed E-state index contributed by atoms with van der Waals surface area (Å²) in [7, 11) is 0. The molecule has 2 unspecified atom stereocenters. The van der Waals surface area contributed by atoms with Crippen LogP contribution in [0.1, 0.15) is 31.0 Å². The van der Waals surface area contributed by atoms with Crippen LogP contribution in [0.2, 0.25) is 0 Å². The highest BCUT2D eigenvalue weighted by Crippen LogP contribution is 2.36. The molecule has 0 amide bonds. The van der Waals surface area contributed by atoms with Gasteiger partial charge in [-0.25, -0.2) is 0 Å². The van der Waals surface area contributed by atoms with E-state index in [0.717, 1.165) is 5.56 Å². The van der Waals surface area contributed by atoms with Crippen LogP contribution >= 0.6 is 11.3 Å². The van der Waals surface area contributed by atoms with E-state index >= 15 is 0 Å². The van der Waals surface area contributed by atoms with Crippen molar-refractivity contribution in [2.75, 3.05) is 5.75 Å². The Morgan fingerprint density at radius 3 is 2.64 bits per heavy atom. The van der Waals surface area contributed by atoms with E-state index in [1.54, 1.807) is 11.3 Å². The topological polar surface area (TPSA) is 58.9 Å². The molecule has 0 saturated carbocycles. The molecule has 2 aromatic carbocycles. The Bertz CT molecular complexity index is 992. The maximum atomic E-state index is 12.3. The SMILES string of the molecule is C/C=C/c1ccc2sc3ccc(C4C[S+]([O-])[C@H](C)C(=N)N4)cc3c2c1. The summed E-state index contributed by atoms with van der Waals surface area (Å²) in [6.07, 6.45) is 4.16. The molecule has 0 aliphatic carbocycles. The summed E-state index contributed by atoms with van der Waals surface area (Å²) in [5.74, 6) is 0.932. The number of fused-ring (bicyclic) bond motifs is 3. The van der Waals surface area contributed by atoms with Gasteiger partial charge in [-0.05, 0) is 60.4 Å². The van der Waals surface area contributed by atoms with Crippen LogP contribution < -0.4 is 5.32 Å². The summed E-state index contributed by atoms with van der Waals surface area (Å²) < 4.78 is 14.8. The molecule has 0 spiro atoms. The van der Waals surface area contributed by atoms with Gasteiger partial charge in [-0.2, -0.15) is 0 Å². The van der Waals surface area contributed by atoms with Crippen molar-refractivity contribution in [2.45, 2.75) is 25.1 Å². The summed E-state index contributed by atoms with van der Waals surface area (Å²) in [5.41, 5.74) is 2.31. The van der Waals surface area contributed by atoms with Crippen LogP contribution in [-0.2, 0) is 11.2 Å². The van der Waals surface area contributed by atoms with Crippen molar-refractivity contribution in [3.63, 3.8) is 0 Å². The molecule has 2 heterocycles. The number of thiophene rings is 1. The summed E-state index contributed by atoms with van der Waals surface area (Å²) in [4.78, 5) is 0. The zero-order chi connectivity index (χ0) is 17.6. The first-order chi connectivity index (χ1) is 12.1. The van der Waals surface area contributed by atoms with Crippen LogP contribution in [0.25, 0.3) is 26.2 Å². The summed E-state index contributed by atoms with van der Waals surface area (Å²) in [6, 6.07) is 13.0. The van der Waals surface area contributed by atoms with E-state index in [9.17, 15) is 4.55 Å². The number of benzene rings is 2. The summed E-state index contributed by atoms with van der Waals surface area (Å²) in [6.45, 7) is 3.87. The lowest BCUT2D eigenvalue weighted by Crippen LogP contribution is -2.48. The average molecular weight is 369 g/mol. The Labute approximate surface area is 154 Å². The van der Waals surface area contributed by atoms with Crippen molar-refractivity contribution in [3.8, 4) is 0 Å². The number of hydrogen-bond acceptors (Lipinski definition) is 3. The molecule has 5 heteroatoms. The van der Waals surface area contributed by atoms with E-state index in [-0.39, 0.29) is 11.3 Å². The van der Waals surface area contributed by atoms with Crippen molar-refractivity contribution < 1.29 is 4.55 Å². The Hall–Kier alpha value is -1.82. The molecule has 1 saturated heterocycles. The molecule has 3 atom stereocenters. The fourth-order valence-electron chi connectivity index (χ4n) is 3.29. The molecule has 1 aliphatic heterocycles. The minimum absolute atomic E-state index is 0.0531. The number of amidine groups is 1. The van der Waals surface area contributed by atoms with E-state index in [0.29, 0.717) is 11.6 Å². The lowest BCUT2D eigenvalue weighted by atomic mass is 10.0. The molecule has 4 rings (SSSR count). The normalized spacial score (nSPS) is 24.3. The molecule has 1 aromatic heterocycles. The van der Waals surface area contributed by atoms with Crippen molar-refractivity contribution >= 4 is 54.6 Å². The molecule has 25 heavy (non-hydrogen) atoms. The Balaban J connectivity index is 1.80. The quantitative estimate of drug-likeness (QED) is 0.636. The van der Waals surface area contributed by atoms with Gasteiger partial charge in [0.25, 0.3) is 0 Å². The fraction of sp³-hybridized carbons (Fsp3) is 0.250. The van der Waals surface area contributed by atoms with Crippen LogP contribution in [0.15, 0.2) is 42.5 Å². The molecule has 3 aromatic rings. The van der Waals surface area contributed by atoms with Crippen molar-refractivity contribution in [1.29, 1.82) is 5.41 Å². The standard InChI is InChI=1S/C20H20N2OS2/c1-3-4-13-5-7-18-15(9-13)16-10-14(6-8-19(16)24-18)17-11-25(23)12(2)20(21)22-17/h3-10,12,17H,11H2,1-2H3,(H2,21,22)/b4-3+/t12-,17?,25?/m1/s1. The molecule has 1 fully saturated rings. The minimum Gasteiger partial charge on any atom is -0.616 e. The van der Waals surface area contributed by atoms with Crippen LogP contribution in [0.4, 0.5) is 0 Å². The third-order valence-corrected chi connectivity index (χ3v) is 7.58. The van der Waals surface area contributed by atoms with Gasteiger partial charge in [-0.3, -0.25) is 5.41 Å². The first-order valence-electron chi connectivity index (χ1n) is 8.38. The smallest absolute Gasteiger partial charge is 0.169 e. The van der Waals surface area contributed by atoms with Gasteiger partial charge < -0.3 is 9.87 Å². The minimum atomic E-state index is -0.997. The van der Waals surface area contributed by atoms with Gasteiger partial charge in [-0.15, -0.1) is 11.3 Å². The zero-order valence-corrected chi connectivity index (χ0v) is 15.8. The van der Waals surface area contributed by atoms with Crippen molar-refractivity contribution in [2.24, 2.45) is 0 Å². The van der Waals surface area contributed by atoms with E-state index in [4.69, 9.17) is 5.41 Å². The zero-order valence-electron chi connectivity index (χ0n) is 14.2. The van der Waals surface area contributed by atoms with Crippen LogP contribution in [0.3, 0.4) is 0 Å². The maximum Gasteiger partial charge on any atom is 0.169 e. The predicted octanol–water partition coefficient (Wildman–Crippen LogP) is 4.85. The first kappa shape index (κ1) is 16.6. The van der Waals surface area contributed by atoms with Crippen LogP contribution in [0.5, 0.6) is 0 Å². The van der Waals surface area contributed by atoms with E-state index in [1.165, 1.54) is 25.7 Å². The molecule has 128 valence electrons. The molecule has 2 N–H and O–H groups in total. The lowest BCUT2D eigenvalue weighted by Gasteiger charge is -2.31. The van der Waals surface area contributed by atoms with E-state index in [2.05, 4.69) is 53.9 Å². The van der Waals surface area contributed by atoms with E-state index < -0.39 is 11.2 Å². The maximum absolute atomic E-state index is 12.3. The number of allylic oxidation sites excluding steroid dienone is 1. The molecule has 3 nitrogen and oxygen atoms in total. The molecular weight excluding hydrogens is 348 g/mol. The van der Waals surface area contributed by atoms with Gasteiger partial charge in [0.2, 0.25) is 0 Å². The van der Waals surface area contributed by atoms with Crippen molar-refractivity contribution in [1.82, 2.24) is 5.32 Å². The van der Waals surface area contributed by atoms with Gasteiger partial charge in [0.05, 0.1) is 6.04 Å². The second-order valence-electron chi connectivity index (χ2n) is 6.41. The largest absolute Gasteiger partial charge is 0.616 e. The Kier molecular flexibility index (Phi) is 4.31.